The molecule has 2 N–H and O–H groups in total. The number of thiophene rings is 1. The Labute approximate surface area is 126 Å². The molecule has 1 aliphatic rings. The molecule has 2 rings (SSSR count). The third-order valence-electron chi connectivity index (χ3n) is 2.70. The number of rotatable bonds is 2. The zero-order valence-corrected chi connectivity index (χ0v) is 13.6. The van der Waals surface area contributed by atoms with Gasteiger partial charge in [0.1, 0.15) is 0 Å². The van der Waals surface area contributed by atoms with E-state index in [9.17, 15) is 4.79 Å². The van der Waals surface area contributed by atoms with Gasteiger partial charge in [0.2, 0.25) is 0 Å². The van der Waals surface area contributed by atoms with Crippen molar-refractivity contribution in [2.75, 3.05) is 6.54 Å². The monoisotopic (exact) mass is 396 g/mol. The van der Waals surface area contributed by atoms with E-state index in [1.54, 1.807) is 4.90 Å². The molecule has 1 aromatic heterocycles. The van der Waals surface area contributed by atoms with Crippen LogP contribution in [0.5, 0.6) is 0 Å². The summed E-state index contributed by atoms with van der Waals surface area (Å²) < 4.78 is 1.82. The van der Waals surface area contributed by atoms with Gasteiger partial charge in [-0.05, 0) is 50.8 Å². The van der Waals surface area contributed by atoms with Gasteiger partial charge >= 0.3 is 0 Å². The summed E-state index contributed by atoms with van der Waals surface area (Å²) in [6.45, 7) is 0.730. The van der Waals surface area contributed by atoms with Crippen molar-refractivity contribution in [2.45, 2.75) is 18.9 Å². The smallest absolute Gasteiger partial charge is 0.264 e. The highest BCUT2D eigenvalue weighted by atomic mass is 79.9. The van der Waals surface area contributed by atoms with Crippen LogP contribution >= 0.6 is 55.4 Å². The lowest BCUT2D eigenvalue weighted by molar-refractivity contribution is 0.0775. The number of halogens is 2. The van der Waals surface area contributed by atoms with E-state index in [4.69, 9.17) is 18.0 Å². The Balaban J connectivity index is 2.22. The molecule has 1 aliphatic heterocycles. The first-order valence-corrected chi connectivity index (χ1v) is 7.87. The Morgan fingerprint density at radius 2 is 2.29 bits per heavy atom. The van der Waals surface area contributed by atoms with Gasteiger partial charge in [-0.25, -0.2) is 0 Å². The first-order chi connectivity index (χ1) is 8.00. The molecule has 0 bridgehead atoms. The fourth-order valence-electron chi connectivity index (χ4n) is 1.90. The maximum Gasteiger partial charge on any atom is 0.264 e. The van der Waals surface area contributed by atoms with Crippen LogP contribution in [-0.2, 0) is 0 Å². The van der Waals surface area contributed by atoms with Crippen LogP contribution in [0.15, 0.2) is 14.3 Å². The highest BCUT2D eigenvalue weighted by Crippen LogP contribution is 2.34. The van der Waals surface area contributed by atoms with E-state index in [1.807, 2.05) is 6.07 Å². The molecule has 0 radical (unpaired) electrons. The van der Waals surface area contributed by atoms with Crippen molar-refractivity contribution in [2.24, 2.45) is 5.73 Å². The number of carbonyl (C=O) groups excluding carboxylic acids is 1. The largest absolute Gasteiger partial charge is 0.392 e. The van der Waals surface area contributed by atoms with Gasteiger partial charge in [0.05, 0.1) is 19.7 Å². The average Bonchev–Trinajstić information content (AvgIpc) is 2.85. The zero-order valence-electron chi connectivity index (χ0n) is 8.78. The first kappa shape index (κ1) is 13.5. The topological polar surface area (TPSA) is 46.3 Å². The number of hydrogen-bond donors (Lipinski definition) is 1. The molecule has 1 unspecified atom stereocenters. The van der Waals surface area contributed by atoms with E-state index < -0.39 is 0 Å². The number of thiocarbonyl (C=S) groups is 1. The second-order valence-electron chi connectivity index (χ2n) is 3.79. The Morgan fingerprint density at radius 1 is 1.59 bits per heavy atom. The van der Waals surface area contributed by atoms with E-state index in [0.29, 0.717) is 9.87 Å². The Kier molecular flexibility index (Phi) is 4.22. The number of amides is 1. The Bertz CT molecular complexity index is 455. The molecule has 1 saturated heterocycles. The van der Waals surface area contributed by atoms with Crippen molar-refractivity contribution >= 4 is 66.3 Å². The number of nitrogens with zero attached hydrogens (tertiary/aromatic N) is 1. The molecule has 1 fully saturated rings. The zero-order chi connectivity index (χ0) is 12.6. The molecule has 3 nitrogen and oxygen atoms in total. The van der Waals surface area contributed by atoms with Gasteiger partial charge < -0.3 is 10.6 Å². The van der Waals surface area contributed by atoms with Crippen LogP contribution < -0.4 is 5.73 Å². The van der Waals surface area contributed by atoms with Crippen molar-refractivity contribution in [3.8, 4) is 0 Å². The third kappa shape index (κ3) is 2.72. The minimum atomic E-state index is -0.0860. The van der Waals surface area contributed by atoms with Crippen LogP contribution in [0.3, 0.4) is 0 Å². The van der Waals surface area contributed by atoms with Crippen molar-refractivity contribution in [3.63, 3.8) is 0 Å². The van der Waals surface area contributed by atoms with Crippen LogP contribution in [0, 0.1) is 0 Å². The van der Waals surface area contributed by atoms with Crippen LogP contribution in [0.25, 0.3) is 0 Å². The summed E-state index contributed by atoms with van der Waals surface area (Å²) in [6.07, 6.45) is 1.83. The SMILES string of the molecule is NC(=S)C1CCCN1C(=O)c1cc(Br)c(Br)s1. The van der Waals surface area contributed by atoms with Gasteiger partial charge in [-0.15, -0.1) is 11.3 Å². The van der Waals surface area contributed by atoms with E-state index in [2.05, 4.69) is 31.9 Å². The van der Waals surface area contributed by atoms with Gasteiger partial charge in [0, 0.05) is 11.0 Å². The minimum absolute atomic E-state index is 0.0108. The van der Waals surface area contributed by atoms with E-state index in [0.717, 1.165) is 27.6 Å². The predicted octanol–water partition coefficient (Wildman–Crippen LogP) is 3.16. The molecule has 0 aromatic carbocycles. The van der Waals surface area contributed by atoms with Gasteiger partial charge in [-0.3, -0.25) is 4.79 Å². The van der Waals surface area contributed by atoms with Gasteiger partial charge in [0.25, 0.3) is 5.91 Å². The molecule has 1 aromatic rings. The molecule has 17 heavy (non-hydrogen) atoms. The molecular weight excluding hydrogens is 388 g/mol. The highest BCUT2D eigenvalue weighted by Gasteiger charge is 2.32. The molecule has 1 atom stereocenters. The lowest BCUT2D eigenvalue weighted by atomic mass is 10.2. The van der Waals surface area contributed by atoms with Crippen LogP contribution in [-0.4, -0.2) is 28.4 Å². The summed E-state index contributed by atoms with van der Waals surface area (Å²) in [6, 6.07) is 1.74. The fourth-order valence-corrected chi connectivity index (χ4v) is 4.14. The van der Waals surface area contributed by atoms with Crippen molar-refractivity contribution < 1.29 is 4.79 Å². The molecule has 0 spiro atoms. The summed E-state index contributed by atoms with van der Waals surface area (Å²) in [5.41, 5.74) is 5.66. The maximum absolute atomic E-state index is 12.3. The molecule has 1 amide bonds. The second kappa shape index (κ2) is 5.34. The van der Waals surface area contributed by atoms with Crippen LogP contribution in [0.1, 0.15) is 22.5 Å². The molecule has 0 aliphatic carbocycles. The number of nitrogens with two attached hydrogens (primary N) is 1. The number of likely N-dealkylation sites (tertiary alicyclic amines) is 1. The molecule has 92 valence electrons. The van der Waals surface area contributed by atoms with Gasteiger partial charge in [-0.1, -0.05) is 12.2 Å². The standard InChI is InChI=1S/C10H10Br2N2OS2/c11-5-4-7(17-8(5)12)10(15)14-3-1-2-6(14)9(13)16/h4,6H,1-3H2,(H2,13,16). The first-order valence-electron chi connectivity index (χ1n) is 5.06. The lowest BCUT2D eigenvalue weighted by Gasteiger charge is -2.22. The molecule has 2 heterocycles. The summed E-state index contributed by atoms with van der Waals surface area (Å²) in [5, 5.41) is 0. The highest BCUT2D eigenvalue weighted by molar-refractivity contribution is 9.13. The maximum atomic E-state index is 12.3. The molecular formula is C10H10Br2N2OS2. The fraction of sp³-hybridized carbons (Fsp3) is 0.400. The van der Waals surface area contributed by atoms with Gasteiger partial charge in [0.15, 0.2) is 0 Å². The quantitative estimate of drug-likeness (QED) is 0.779. The van der Waals surface area contributed by atoms with Crippen molar-refractivity contribution in [3.05, 3.63) is 19.2 Å². The Morgan fingerprint density at radius 3 is 2.82 bits per heavy atom. The summed E-state index contributed by atoms with van der Waals surface area (Å²) in [4.78, 5) is 15.2. The number of hydrogen-bond acceptors (Lipinski definition) is 3. The third-order valence-corrected chi connectivity index (χ3v) is 6.21. The summed E-state index contributed by atoms with van der Waals surface area (Å²) >= 11 is 13.2. The van der Waals surface area contributed by atoms with E-state index >= 15 is 0 Å². The molecule has 7 heteroatoms. The number of carbonyl (C=O) groups is 1. The Hall–Kier alpha value is 0.0200. The lowest BCUT2D eigenvalue weighted by Crippen LogP contribution is -2.42. The van der Waals surface area contributed by atoms with Crippen LogP contribution in [0.4, 0.5) is 0 Å². The van der Waals surface area contributed by atoms with Crippen LogP contribution in [0.2, 0.25) is 0 Å². The van der Waals surface area contributed by atoms with Gasteiger partial charge in [-0.2, -0.15) is 0 Å². The summed E-state index contributed by atoms with van der Waals surface area (Å²) in [7, 11) is 0. The second-order valence-corrected chi connectivity index (χ2v) is 7.49. The van der Waals surface area contributed by atoms with Crippen molar-refractivity contribution in [1.82, 2.24) is 4.90 Å². The molecule has 0 saturated carbocycles. The minimum Gasteiger partial charge on any atom is -0.392 e. The normalized spacial score (nSPS) is 19.6. The average molecular weight is 398 g/mol. The van der Waals surface area contributed by atoms with E-state index in [-0.39, 0.29) is 11.9 Å². The summed E-state index contributed by atoms with van der Waals surface area (Å²) in [5.74, 6) is 0.0108. The predicted molar refractivity (Wildman–Crippen MR) is 80.6 cm³/mol. The van der Waals surface area contributed by atoms with Crippen molar-refractivity contribution in [1.29, 1.82) is 0 Å². The van der Waals surface area contributed by atoms with E-state index in [1.165, 1.54) is 11.3 Å².